The van der Waals surface area contributed by atoms with Crippen molar-refractivity contribution in [2.75, 3.05) is 13.1 Å². The zero-order valence-electron chi connectivity index (χ0n) is 8.31. The van der Waals surface area contributed by atoms with Gasteiger partial charge in [-0.3, -0.25) is 9.59 Å². The van der Waals surface area contributed by atoms with Crippen molar-refractivity contribution in [2.24, 2.45) is 11.5 Å². The van der Waals surface area contributed by atoms with Gasteiger partial charge in [0.05, 0.1) is 13.1 Å². The topological polar surface area (TPSA) is 201 Å². The summed E-state index contributed by atoms with van der Waals surface area (Å²) in [5.41, 5.74) is 9.14. The maximum atomic E-state index is 9.24. The van der Waals surface area contributed by atoms with Crippen LogP contribution in [0.1, 0.15) is 0 Å². The molecule has 0 saturated heterocycles. The second-order valence-electron chi connectivity index (χ2n) is 1.81. The summed E-state index contributed by atoms with van der Waals surface area (Å²) in [5, 5.41) is 30.0. The maximum absolute atomic E-state index is 9.24. The molecule has 0 radical (unpaired) electrons. The van der Waals surface area contributed by atoms with E-state index in [1.807, 2.05) is 0 Å². The molecule has 102 valence electrons. The Hall–Kier alpha value is -1.51. The largest absolute Gasteiger partial charge is 2.00 e. The van der Waals surface area contributed by atoms with Gasteiger partial charge in [0.2, 0.25) is 0 Å². The molecule has 0 aromatic carbocycles. The summed E-state index contributed by atoms with van der Waals surface area (Å²) in [7, 11) is 0. The molecule has 0 spiro atoms. The zero-order valence-corrected chi connectivity index (χ0v) is 10.6. The molecule has 0 aliphatic heterocycles. The molecule has 0 aromatic rings. The molecule has 0 unspecified atom stereocenters. The Kier molecular flexibility index (Phi) is 24.5. The molecule has 8 N–H and O–H groups in total. The van der Waals surface area contributed by atoms with E-state index in [-0.39, 0.29) is 34.2 Å². The van der Waals surface area contributed by atoms with E-state index in [1.54, 1.807) is 0 Å². The van der Waals surface area contributed by atoms with Crippen LogP contribution in [0.25, 0.3) is 0 Å². The summed E-state index contributed by atoms with van der Waals surface area (Å²) in [4.78, 5) is 36.7. The van der Waals surface area contributed by atoms with Crippen molar-refractivity contribution in [3.63, 3.8) is 0 Å². The second kappa shape index (κ2) is 16.9. The number of carboxylic acid groups (broad SMARTS) is 4. The second-order valence-corrected chi connectivity index (χ2v) is 1.81. The van der Waals surface area contributed by atoms with Crippen LogP contribution in [0.4, 0.5) is 0 Å². The summed E-state index contributed by atoms with van der Waals surface area (Å²) >= 11 is 0. The van der Waals surface area contributed by atoms with Gasteiger partial charge in [0.25, 0.3) is 0 Å². The van der Waals surface area contributed by atoms with Crippen LogP contribution >= 0.6 is 0 Å². The van der Waals surface area contributed by atoms with Gasteiger partial charge in [-0.05, 0) is 0 Å². The number of carbonyl (C=O) groups is 4. The monoisotopic (exact) mass is 435 g/mol. The van der Waals surface area contributed by atoms with Gasteiger partial charge in [-0.15, -0.1) is 0 Å². The van der Waals surface area contributed by atoms with Gasteiger partial charge in [0, 0.05) is 0 Å². The zero-order chi connectivity index (χ0) is 13.7. The molecule has 0 atom stereocenters. The Morgan fingerprint density at radius 3 is 0.824 bits per heavy atom. The SMILES string of the molecule is NCC(=O)O.NCC(=O)O.O=C(O)C(=O)O.[Pt+2]. The van der Waals surface area contributed by atoms with Gasteiger partial charge in [-0.1, -0.05) is 0 Å². The van der Waals surface area contributed by atoms with Crippen molar-refractivity contribution in [3.05, 3.63) is 0 Å². The fraction of sp³-hybridized carbons (Fsp3) is 0.333. The van der Waals surface area contributed by atoms with E-state index in [1.165, 1.54) is 0 Å². The normalized spacial score (nSPS) is 6.94. The molecule has 0 rings (SSSR count). The molecule has 0 heterocycles. The molecular weight excluding hydrogens is 423 g/mol. The van der Waals surface area contributed by atoms with E-state index < -0.39 is 23.9 Å². The van der Waals surface area contributed by atoms with Crippen LogP contribution in [0.15, 0.2) is 0 Å². The van der Waals surface area contributed by atoms with E-state index in [0.29, 0.717) is 0 Å². The Morgan fingerprint density at radius 2 is 0.824 bits per heavy atom. The number of carboxylic acids is 4. The van der Waals surface area contributed by atoms with Crippen LogP contribution in [0.5, 0.6) is 0 Å². The fourth-order valence-electron chi connectivity index (χ4n) is 0. The van der Waals surface area contributed by atoms with Gasteiger partial charge in [0.1, 0.15) is 0 Å². The van der Waals surface area contributed by atoms with Gasteiger partial charge in [0.15, 0.2) is 0 Å². The van der Waals surface area contributed by atoms with Crippen LogP contribution in [-0.2, 0) is 40.2 Å². The Morgan fingerprint density at radius 1 is 0.706 bits per heavy atom. The number of nitrogens with two attached hydrogens (primary N) is 2. The van der Waals surface area contributed by atoms with Crippen molar-refractivity contribution in [1.29, 1.82) is 0 Å². The van der Waals surface area contributed by atoms with Crippen molar-refractivity contribution in [3.8, 4) is 0 Å². The van der Waals surface area contributed by atoms with E-state index in [9.17, 15) is 9.59 Å². The minimum atomic E-state index is -1.82. The Bertz CT molecular complexity index is 230. The number of hydrogen-bond acceptors (Lipinski definition) is 6. The first-order chi connectivity index (χ1) is 7.18. The smallest absolute Gasteiger partial charge is 0.480 e. The molecule has 17 heavy (non-hydrogen) atoms. The average molecular weight is 435 g/mol. The van der Waals surface area contributed by atoms with Gasteiger partial charge in [-0.25, -0.2) is 9.59 Å². The van der Waals surface area contributed by atoms with Crippen molar-refractivity contribution in [2.45, 2.75) is 0 Å². The molecule has 10 nitrogen and oxygen atoms in total. The molecule has 0 aromatic heterocycles. The third-order valence-corrected chi connectivity index (χ3v) is 0.532. The predicted molar refractivity (Wildman–Crippen MR) is 48.7 cm³/mol. The van der Waals surface area contributed by atoms with E-state index in [0.717, 1.165) is 0 Å². The summed E-state index contributed by atoms with van der Waals surface area (Å²) in [5.74, 6) is -5.58. The summed E-state index contributed by atoms with van der Waals surface area (Å²) in [6.07, 6.45) is 0. The predicted octanol–water partition coefficient (Wildman–Crippen LogP) is -2.79. The quantitative estimate of drug-likeness (QED) is 0.246. The van der Waals surface area contributed by atoms with Crippen molar-refractivity contribution in [1.82, 2.24) is 0 Å². The first-order valence-corrected chi connectivity index (χ1v) is 3.48. The van der Waals surface area contributed by atoms with Crippen LogP contribution in [0.3, 0.4) is 0 Å². The van der Waals surface area contributed by atoms with E-state index >= 15 is 0 Å². The molecule has 11 heteroatoms. The van der Waals surface area contributed by atoms with Crippen molar-refractivity contribution < 1.29 is 60.7 Å². The third kappa shape index (κ3) is 53.7. The third-order valence-electron chi connectivity index (χ3n) is 0.532. The first-order valence-electron chi connectivity index (χ1n) is 3.48. The van der Waals surface area contributed by atoms with Crippen LogP contribution in [-0.4, -0.2) is 57.4 Å². The van der Waals surface area contributed by atoms with E-state index in [4.69, 9.17) is 30.0 Å². The number of rotatable bonds is 2. The maximum Gasteiger partial charge on any atom is 2.00 e. The van der Waals surface area contributed by atoms with Gasteiger partial charge in [-0.2, -0.15) is 0 Å². The average Bonchev–Trinajstić information content (AvgIpc) is 2.19. The Balaban J connectivity index is -0.0000000729. The molecule has 0 fully saturated rings. The molecule has 0 bridgehead atoms. The fourth-order valence-corrected chi connectivity index (χ4v) is 0. The van der Waals surface area contributed by atoms with E-state index in [2.05, 4.69) is 11.5 Å². The minimum absolute atomic E-state index is 0. The van der Waals surface area contributed by atoms with Crippen LogP contribution < -0.4 is 11.5 Å². The molecule has 0 aliphatic rings. The minimum Gasteiger partial charge on any atom is -0.480 e. The number of aliphatic carboxylic acids is 4. The van der Waals surface area contributed by atoms with Crippen LogP contribution in [0, 0.1) is 0 Å². The standard InChI is InChI=1S/2C2H5NO2.C2H2O4.Pt/c2*3-1-2(4)5;3-1(4)2(5)6;/h2*1,3H2,(H,4,5);(H,3,4)(H,5,6);/q;;;+2. The first kappa shape index (κ1) is 24.6. The molecule has 0 amide bonds. The molecular formula is C6H12N2O8Pt+2. The summed E-state index contributed by atoms with van der Waals surface area (Å²) < 4.78 is 0. The van der Waals surface area contributed by atoms with Gasteiger partial charge < -0.3 is 31.9 Å². The number of hydrogen-bond donors (Lipinski definition) is 6. The Labute approximate surface area is 109 Å². The van der Waals surface area contributed by atoms with Gasteiger partial charge >= 0.3 is 44.9 Å². The van der Waals surface area contributed by atoms with Crippen LogP contribution in [0.2, 0.25) is 0 Å². The summed E-state index contributed by atoms with van der Waals surface area (Å²) in [6.45, 7) is -0.556. The molecule has 0 saturated carbocycles. The van der Waals surface area contributed by atoms with Crippen molar-refractivity contribution >= 4 is 23.9 Å². The summed E-state index contributed by atoms with van der Waals surface area (Å²) in [6, 6.07) is 0. The molecule has 0 aliphatic carbocycles.